The lowest BCUT2D eigenvalue weighted by atomic mass is 10.1. The highest BCUT2D eigenvalue weighted by Crippen LogP contribution is 2.08. The van der Waals surface area contributed by atoms with Crippen LogP contribution >= 0.6 is 0 Å². The molecule has 0 aromatic rings. The van der Waals surface area contributed by atoms with Crippen LogP contribution in [0.4, 0.5) is 0 Å². The van der Waals surface area contributed by atoms with Crippen LogP contribution in [0.3, 0.4) is 0 Å². The van der Waals surface area contributed by atoms with Crippen LogP contribution in [0.5, 0.6) is 0 Å². The Balaban J connectivity index is 3.62. The van der Waals surface area contributed by atoms with E-state index in [4.69, 9.17) is 15.4 Å². The second kappa shape index (κ2) is 3.79. The van der Waals surface area contributed by atoms with Crippen molar-refractivity contribution in [1.82, 2.24) is 5.48 Å². The van der Waals surface area contributed by atoms with Gasteiger partial charge in [-0.1, -0.05) is 6.92 Å². The maximum absolute atomic E-state index is 9.11. The fourth-order valence-corrected chi connectivity index (χ4v) is 0.497. The summed E-state index contributed by atoms with van der Waals surface area (Å²) in [6, 6.07) is 0. The summed E-state index contributed by atoms with van der Waals surface area (Å²) in [6.45, 7) is 1.57. The molecular weight excluding hydrogens is 122 g/mol. The summed E-state index contributed by atoms with van der Waals surface area (Å²) in [4.78, 5) is 0. The van der Waals surface area contributed by atoms with Crippen LogP contribution in [0.15, 0.2) is 0 Å². The van der Waals surface area contributed by atoms with Crippen molar-refractivity contribution >= 4 is 0 Å². The Morgan fingerprint density at radius 3 is 2.22 bits per heavy atom. The van der Waals surface area contributed by atoms with Crippen molar-refractivity contribution < 1.29 is 15.4 Å². The molecule has 56 valence electrons. The highest BCUT2D eigenvalue weighted by Gasteiger charge is 2.21. The lowest BCUT2D eigenvalue weighted by molar-refractivity contribution is -0.107. The first-order valence-corrected chi connectivity index (χ1v) is 2.93. The van der Waals surface area contributed by atoms with E-state index in [2.05, 4.69) is 0 Å². The molecule has 0 aliphatic carbocycles. The highest BCUT2D eigenvalue weighted by molar-refractivity contribution is 4.67. The third-order valence-corrected chi connectivity index (χ3v) is 1.32. The van der Waals surface area contributed by atoms with Crippen molar-refractivity contribution in [2.45, 2.75) is 25.5 Å². The zero-order valence-corrected chi connectivity index (χ0v) is 5.46. The van der Waals surface area contributed by atoms with E-state index in [0.717, 1.165) is 0 Å². The van der Waals surface area contributed by atoms with Crippen LogP contribution in [0.2, 0.25) is 0 Å². The van der Waals surface area contributed by atoms with E-state index in [9.17, 15) is 0 Å². The number of hydrogen-bond donors (Lipinski definition) is 4. The molecule has 0 heterocycles. The molecule has 4 nitrogen and oxygen atoms in total. The van der Waals surface area contributed by atoms with E-state index < -0.39 is 5.72 Å². The van der Waals surface area contributed by atoms with E-state index in [1.807, 2.05) is 0 Å². The van der Waals surface area contributed by atoms with Gasteiger partial charge in [0.25, 0.3) is 0 Å². The van der Waals surface area contributed by atoms with E-state index in [0.29, 0.717) is 6.42 Å². The number of hydrogen-bond acceptors (Lipinski definition) is 4. The zero-order chi connectivity index (χ0) is 7.33. The Kier molecular flexibility index (Phi) is 3.72. The average Bonchev–Trinajstić information content (AvgIpc) is 1.89. The smallest absolute Gasteiger partial charge is 0.139 e. The van der Waals surface area contributed by atoms with Crippen LogP contribution in [0.1, 0.15) is 19.8 Å². The first-order chi connectivity index (χ1) is 4.18. The lowest BCUT2D eigenvalue weighted by Gasteiger charge is -2.23. The SMILES string of the molecule is CCC(O)(CCO)NO. The minimum Gasteiger partial charge on any atom is -0.396 e. The summed E-state index contributed by atoms with van der Waals surface area (Å²) >= 11 is 0. The van der Waals surface area contributed by atoms with Crippen LogP contribution in [-0.2, 0) is 0 Å². The molecule has 0 aliphatic heterocycles. The number of aliphatic hydroxyl groups excluding tert-OH is 1. The molecule has 0 spiro atoms. The Labute approximate surface area is 54.1 Å². The Morgan fingerprint density at radius 1 is 1.56 bits per heavy atom. The molecule has 1 atom stereocenters. The molecule has 4 N–H and O–H groups in total. The predicted molar refractivity (Wildman–Crippen MR) is 31.9 cm³/mol. The van der Waals surface area contributed by atoms with Gasteiger partial charge in [-0.2, -0.15) is 5.48 Å². The molecule has 0 saturated carbocycles. The molecular formula is C5H13NO3. The van der Waals surface area contributed by atoms with Gasteiger partial charge in [0.05, 0.1) is 0 Å². The summed E-state index contributed by atoms with van der Waals surface area (Å²) in [6.07, 6.45) is 0.504. The molecule has 1 unspecified atom stereocenters. The summed E-state index contributed by atoms with van der Waals surface area (Å²) < 4.78 is 0. The van der Waals surface area contributed by atoms with Crippen molar-refractivity contribution in [2.24, 2.45) is 0 Å². The quantitative estimate of drug-likeness (QED) is 0.308. The molecule has 9 heavy (non-hydrogen) atoms. The monoisotopic (exact) mass is 135 g/mol. The standard InChI is InChI=1S/C5H13NO3/c1-2-5(8,6-9)3-4-7/h6-9H,2-4H2,1H3. The van der Waals surface area contributed by atoms with Crippen molar-refractivity contribution in [1.29, 1.82) is 0 Å². The average molecular weight is 135 g/mol. The minimum absolute atomic E-state index is 0.139. The van der Waals surface area contributed by atoms with Gasteiger partial charge < -0.3 is 15.4 Å². The molecule has 0 rings (SSSR count). The van der Waals surface area contributed by atoms with Gasteiger partial charge in [-0.3, -0.25) is 0 Å². The maximum Gasteiger partial charge on any atom is 0.139 e. The van der Waals surface area contributed by atoms with Crippen molar-refractivity contribution in [3.05, 3.63) is 0 Å². The van der Waals surface area contributed by atoms with Crippen molar-refractivity contribution in [3.63, 3.8) is 0 Å². The van der Waals surface area contributed by atoms with Gasteiger partial charge in [-0.25, -0.2) is 0 Å². The van der Waals surface area contributed by atoms with Gasteiger partial charge >= 0.3 is 0 Å². The highest BCUT2D eigenvalue weighted by atomic mass is 16.5. The molecule has 0 fully saturated rings. The largest absolute Gasteiger partial charge is 0.396 e. The minimum atomic E-state index is -1.31. The molecule has 0 aliphatic rings. The van der Waals surface area contributed by atoms with Gasteiger partial charge in [-0.15, -0.1) is 0 Å². The molecule has 0 aromatic carbocycles. The van der Waals surface area contributed by atoms with Crippen molar-refractivity contribution in [2.75, 3.05) is 6.61 Å². The second-order valence-electron chi connectivity index (χ2n) is 1.97. The normalized spacial score (nSPS) is 17.3. The maximum atomic E-state index is 9.11. The first kappa shape index (κ1) is 8.84. The van der Waals surface area contributed by atoms with Crippen LogP contribution in [-0.4, -0.2) is 27.8 Å². The van der Waals surface area contributed by atoms with E-state index in [1.54, 1.807) is 12.4 Å². The predicted octanol–water partition coefficient (Wildman–Crippen LogP) is -0.554. The second-order valence-corrected chi connectivity index (χ2v) is 1.97. The molecule has 0 amide bonds. The summed E-state index contributed by atoms with van der Waals surface area (Å²) in [5.41, 5.74) is 0.414. The first-order valence-electron chi connectivity index (χ1n) is 2.93. The van der Waals surface area contributed by atoms with Crippen LogP contribution in [0, 0.1) is 0 Å². The van der Waals surface area contributed by atoms with Gasteiger partial charge in [0.15, 0.2) is 0 Å². The lowest BCUT2D eigenvalue weighted by Crippen LogP contribution is -2.43. The van der Waals surface area contributed by atoms with E-state index >= 15 is 0 Å². The Morgan fingerprint density at radius 2 is 2.11 bits per heavy atom. The van der Waals surface area contributed by atoms with Crippen molar-refractivity contribution in [3.8, 4) is 0 Å². The summed E-state index contributed by atoms with van der Waals surface area (Å²) in [5, 5.41) is 25.8. The fraction of sp³-hybridized carbons (Fsp3) is 1.00. The number of aliphatic hydroxyl groups is 2. The molecule has 4 heteroatoms. The number of nitrogens with one attached hydrogen (secondary N) is 1. The van der Waals surface area contributed by atoms with Gasteiger partial charge in [-0.05, 0) is 6.42 Å². The summed E-state index contributed by atoms with van der Waals surface area (Å²) in [5.74, 6) is 0. The molecule has 0 saturated heterocycles. The third-order valence-electron chi connectivity index (χ3n) is 1.32. The molecule has 0 radical (unpaired) electrons. The molecule has 0 aromatic heterocycles. The van der Waals surface area contributed by atoms with Gasteiger partial charge in [0.2, 0.25) is 0 Å². The van der Waals surface area contributed by atoms with Gasteiger partial charge in [0.1, 0.15) is 5.72 Å². The van der Waals surface area contributed by atoms with Crippen LogP contribution in [0.25, 0.3) is 0 Å². The van der Waals surface area contributed by atoms with E-state index in [-0.39, 0.29) is 13.0 Å². The molecule has 0 bridgehead atoms. The summed E-state index contributed by atoms with van der Waals surface area (Å²) in [7, 11) is 0. The fourth-order valence-electron chi connectivity index (χ4n) is 0.497. The Hall–Kier alpha value is -0.160. The zero-order valence-electron chi connectivity index (χ0n) is 5.46. The van der Waals surface area contributed by atoms with E-state index in [1.165, 1.54) is 0 Å². The third kappa shape index (κ3) is 2.76. The number of rotatable bonds is 4. The topological polar surface area (TPSA) is 72.7 Å². The Bertz CT molecular complexity index is 72.6. The van der Waals surface area contributed by atoms with Crippen LogP contribution < -0.4 is 5.48 Å². The number of hydroxylamine groups is 1. The van der Waals surface area contributed by atoms with Gasteiger partial charge in [0, 0.05) is 13.0 Å².